The number of benzene rings is 1. The van der Waals surface area contributed by atoms with Gasteiger partial charge in [0.05, 0.1) is 24.4 Å². The highest BCUT2D eigenvalue weighted by atomic mass is 32.1. The van der Waals surface area contributed by atoms with E-state index in [0.29, 0.717) is 23.6 Å². The predicted octanol–water partition coefficient (Wildman–Crippen LogP) is 4.86. The van der Waals surface area contributed by atoms with Gasteiger partial charge in [-0.05, 0) is 66.8 Å². The number of rotatable bonds is 7. The maximum atomic E-state index is 13.1. The largest absolute Gasteiger partial charge is 0.507 e. The van der Waals surface area contributed by atoms with Crippen LogP contribution >= 0.6 is 11.3 Å². The zero-order valence-corrected chi connectivity index (χ0v) is 18.8. The van der Waals surface area contributed by atoms with Gasteiger partial charge >= 0.3 is 0 Å². The average molecular weight is 449 g/mol. The fraction of sp³-hybridized carbons (Fsp3) is 0.240. The van der Waals surface area contributed by atoms with E-state index in [-0.39, 0.29) is 17.9 Å². The van der Waals surface area contributed by atoms with Gasteiger partial charge < -0.3 is 14.7 Å². The molecule has 1 aliphatic heterocycles. The average Bonchev–Trinajstić information content (AvgIpc) is 3.34. The summed E-state index contributed by atoms with van der Waals surface area (Å²) in [4.78, 5) is 32.8. The molecule has 1 N–H and O–H groups in total. The van der Waals surface area contributed by atoms with Gasteiger partial charge in [-0.15, -0.1) is 11.3 Å². The Hall–Kier alpha value is -3.45. The number of thiophene rings is 1. The van der Waals surface area contributed by atoms with E-state index in [1.165, 1.54) is 16.2 Å². The van der Waals surface area contributed by atoms with Gasteiger partial charge in [0, 0.05) is 16.6 Å². The van der Waals surface area contributed by atoms with Gasteiger partial charge in [0.2, 0.25) is 0 Å². The number of Topliss-reactive ketones (excluding diaryl/α,β-unsaturated/α-hetero) is 1. The Labute approximate surface area is 190 Å². The van der Waals surface area contributed by atoms with Crippen molar-refractivity contribution in [1.29, 1.82) is 0 Å². The molecule has 0 aliphatic carbocycles. The Morgan fingerprint density at radius 1 is 1.16 bits per heavy atom. The van der Waals surface area contributed by atoms with E-state index in [1.807, 2.05) is 37.4 Å². The monoisotopic (exact) mass is 448 g/mol. The van der Waals surface area contributed by atoms with Crippen molar-refractivity contribution < 1.29 is 19.4 Å². The Balaban J connectivity index is 1.77. The molecule has 164 valence electrons. The van der Waals surface area contributed by atoms with Crippen molar-refractivity contribution in [3.8, 4) is 5.75 Å². The van der Waals surface area contributed by atoms with Crippen molar-refractivity contribution in [2.24, 2.45) is 0 Å². The number of amides is 1. The number of aryl methyl sites for hydroxylation is 1. The van der Waals surface area contributed by atoms with E-state index in [1.54, 1.807) is 36.5 Å². The minimum absolute atomic E-state index is 0.0960. The van der Waals surface area contributed by atoms with Crippen molar-refractivity contribution in [2.45, 2.75) is 32.9 Å². The smallest absolute Gasteiger partial charge is 0.296 e. The van der Waals surface area contributed by atoms with Crippen LogP contribution in [0.2, 0.25) is 0 Å². The number of carbonyl (C=O) groups excluding carboxylic acids is 2. The molecule has 6 nitrogen and oxygen atoms in total. The first-order valence-electron chi connectivity index (χ1n) is 10.5. The molecule has 1 saturated heterocycles. The molecule has 0 radical (unpaired) electrons. The summed E-state index contributed by atoms with van der Waals surface area (Å²) in [7, 11) is 0. The summed E-state index contributed by atoms with van der Waals surface area (Å²) in [6, 6.07) is 13.6. The molecular weight excluding hydrogens is 424 g/mol. The molecule has 0 saturated carbocycles. The lowest BCUT2D eigenvalue weighted by Crippen LogP contribution is -2.29. The molecule has 1 unspecified atom stereocenters. The lowest BCUT2D eigenvalue weighted by atomic mass is 9.98. The van der Waals surface area contributed by atoms with Crippen molar-refractivity contribution in [3.63, 3.8) is 0 Å². The van der Waals surface area contributed by atoms with Crippen LogP contribution in [-0.2, 0) is 16.1 Å². The number of ketones is 1. The van der Waals surface area contributed by atoms with Crippen molar-refractivity contribution >= 4 is 28.8 Å². The van der Waals surface area contributed by atoms with E-state index in [4.69, 9.17) is 4.74 Å². The summed E-state index contributed by atoms with van der Waals surface area (Å²) in [5, 5.41) is 13.1. The molecule has 7 heteroatoms. The van der Waals surface area contributed by atoms with Gasteiger partial charge in [-0.25, -0.2) is 0 Å². The minimum atomic E-state index is -0.692. The van der Waals surface area contributed by atoms with Crippen molar-refractivity contribution in [1.82, 2.24) is 9.88 Å². The Morgan fingerprint density at radius 2 is 1.94 bits per heavy atom. The highest BCUT2D eigenvalue weighted by Crippen LogP contribution is 2.43. The van der Waals surface area contributed by atoms with E-state index >= 15 is 0 Å². The van der Waals surface area contributed by atoms with Crippen LogP contribution in [0.25, 0.3) is 5.76 Å². The number of likely N-dealkylation sites (tertiary alicyclic amines) is 1. The second kappa shape index (κ2) is 9.36. The number of aliphatic hydroxyl groups excluding tert-OH is 1. The molecular formula is C25H24N2O4S. The number of carbonyl (C=O) groups is 2. The summed E-state index contributed by atoms with van der Waals surface area (Å²) >= 11 is 1.46. The molecule has 1 atom stereocenters. The highest BCUT2D eigenvalue weighted by Gasteiger charge is 2.47. The molecule has 1 aliphatic rings. The van der Waals surface area contributed by atoms with Gasteiger partial charge in [0.15, 0.2) is 0 Å². The summed E-state index contributed by atoms with van der Waals surface area (Å²) in [5.41, 5.74) is 2.19. The zero-order chi connectivity index (χ0) is 22.7. The molecule has 3 aromatic rings. The van der Waals surface area contributed by atoms with Crippen LogP contribution in [-0.4, -0.2) is 33.3 Å². The predicted molar refractivity (Wildman–Crippen MR) is 123 cm³/mol. The van der Waals surface area contributed by atoms with Crippen LogP contribution in [0.3, 0.4) is 0 Å². The third-order valence-corrected chi connectivity index (χ3v) is 6.42. The number of nitrogens with zero attached hydrogens (tertiary/aromatic N) is 2. The first kappa shape index (κ1) is 21.8. The van der Waals surface area contributed by atoms with Crippen LogP contribution in [0, 0.1) is 6.92 Å². The molecule has 1 aromatic carbocycles. The third-order valence-electron chi connectivity index (χ3n) is 5.35. The topological polar surface area (TPSA) is 79.7 Å². The fourth-order valence-electron chi connectivity index (χ4n) is 3.73. The van der Waals surface area contributed by atoms with E-state index in [2.05, 4.69) is 4.98 Å². The van der Waals surface area contributed by atoms with Gasteiger partial charge in [0.25, 0.3) is 11.7 Å². The van der Waals surface area contributed by atoms with Crippen molar-refractivity contribution in [2.75, 3.05) is 6.61 Å². The standard InChI is InChI=1S/C25H24N2O4S/c1-3-13-31-19-9-7-17(8-10-19)22(28)20-21(24-16(2)11-14-32-24)27(25(30)23(20)29)15-18-6-4-5-12-26-18/h4-12,14,21,28H,3,13,15H2,1-2H3/b22-20-. The third kappa shape index (κ3) is 4.16. The number of hydrogen-bond donors (Lipinski definition) is 1. The maximum Gasteiger partial charge on any atom is 0.296 e. The Bertz CT molecular complexity index is 1150. The summed E-state index contributed by atoms with van der Waals surface area (Å²) in [5.74, 6) is -0.836. The first-order valence-corrected chi connectivity index (χ1v) is 11.3. The molecule has 0 spiro atoms. The van der Waals surface area contributed by atoms with Crippen LogP contribution in [0.1, 0.15) is 41.1 Å². The van der Waals surface area contributed by atoms with E-state index in [0.717, 1.165) is 16.9 Å². The summed E-state index contributed by atoms with van der Waals surface area (Å²) < 4.78 is 5.60. The van der Waals surface area contributed by atoms with Crippen LogP contribution < -0.4 is 4.74 Å². The second-order valence-electron chi connectivity index (χ2n) is 7.59. The van der Waals surface area contributed by atoms with Crippen molar-refractivity contribution in [3.05, 3.63) is 87.4 Å². The molecule has 1 fully saturated rings. The van der Waals surface area contributed by atoms with Crippen LogP contribution in [0.15, 0.2) is 65.7 Å². The summed E-state index contributed by atoms with van der Waals surface area (Å²) in [6.45, 7) is 4.74. The quantitative estimate of drug-likeness (QED) is 0.317. The van der Waals surface area contributed by atoms with Gasteiger partial charge in [0.1, 0.15) is 17.6 Å². The number of pyridine rings is 1. The summed E-state index contributed by atoms with van der Waals surface area (Å²) in [6.07, 6.45) is 2.54. The fourth-order valence-corrected chi connectivity index (χ4v) is 4.78. The lowest BCUT2D eigenvalue weighted by molar-refractivity contribution is -0.140. The number of ether oxygens (including phenoxy) is 1. The number of aromatic nitrogens is 1. The second-order valence-corrected chi connectivity index (χ2v) is 8.54. The van der Waals surface area contributed by atoms with Gasteiger partial charge in [-0.1, -0.05) is 13.0 Å². The molecule has 0 bridgehead atoms. The molecule has 32 heavy (non-hydrogen) atoms. The minimum Gasteiger partial charge on any atom is -0.507 e. The maximum absolute atomic E-state index is 13.1. The lowest BCUT2D eigenvalue weighted by Gasteiger charge is -2.24. The van der Waals surface area contributed by atoms with E-state index in [9.17, 15) is 14.7 Å². The Kier molecular flexibility index (Phi) is 6.37. The van der Waals surface area contributed by atoms with Gasteiger partial charge in [-0.3, -0.25) is 14.6 Å². The van der Waals surface area contributed by atoms with Crippen LogP contribution in [0.4, 0.5) is 0 Å². The highest BCUT2D eigenvalue weighted by molar-refractivity contribution is 7.10. The zero-order valence-electron chi connectivity index (χ0n) is 17.9. The Morgan fingerprint density at radius 3 is 2.56 bits per heavy atom. The molecule has 1 amide bonds. The van der Waals surface area contributed by atoms with Crippen LogP contribution in [0.5, 0.6) is 5.75 Å². The molecule has 4 rings (SSSR count). The first-order chi connectivity index (χ1) is 15.5. The molecule has 2 aromatic heterocycles. The normalized spacial score (nSPS) is 17.7. The van der Waals surface area contributed by atoms with E-state index < -0.39 is 17.7 Å². The number of hydrogen-bond acceptors (Lipinski definition) is 6. The van der Waals surface area contributed by atoms with Gasteiger partial charge in [-0.2, -0.15) is 0 Å². The SMILES string of the molecule is CCCOc1ccc(/C(O)=C2/C(=O)C(=O)N(Cc3ccccn3)C2c2sccc2C)cc1. The molecule has 3 heterocycles. The number of aliphatic hydroxyl groups is 1.